The summed E-state index contributed by atoms with van der Waals surface area (Å²) in [5, 5.41) is 6.45. The quantitative estimate of drug-likeness (QED) is 0.556. The van der Waals surface area contributed by atoms with E-state index in [2.05, 4.69) is 21.7 Å². The van der Waals surface area contributed by atoms with E-state index in [1.54, 1.807) is 0 Å². The summed E-state index contributed by atoms with van der Waals surface area (Å²) in [5.74, 6) is 1.86. The van der Waals surface area contributed by atoms with Crippen LogP contribution in [-0.2, 0) is 11.2 Å². The minimum Gasteiger partial charge on any atom is -0.488 e. The van der Waals surface area contributed by atoms with Gasteiger partial charge in [-0.25, -0.2) is 4.99 Å². The summed E-state index contributed by atoms with van der Waals surface area (Å²) in [6, 6.07) is 8.12. The van der Waals surface area contributed by atoms with E-state index in [9.17, 15) is 4.79 Å². The Hall–Kier alpha value is -2.24. The number of hydrogen-bond acceptors (Lipinski definition) is 3. The number of aliphatic imine (C=N–C) groups is 1. The summed E-state index contributed by atoms with van der Waals surface area (Å²) in [7, 11) is 0. The lowest BCUT2D eigenvalue weighted by molar-refractivity contribution is -0.130. The molecule has 6 nitrogen and oxygen atoms in total. The minimum absolute atomic E-state index is 0.0742. The fourth-order valence-corrected chi connectivity index (χ4v) is 2.91. The molecule has 1 unspecified atom stereocenters. The van der Waals surface area contributed by atoms with Crippen LogP contribution < -0.4 is 15.4 Å². The van der Waals surface area contributed by atoms with E-state index in [0.29, 0.717) is 19.5 Å². The van der Waals surface area contributed by atoms with Crippen LogP contribution in [-0.4, -0.2) is 55.6 Å². The van der Waals surface area contributed by atoms with Gasteiger partial charge in [0.1, 0.15) is 11.9 Å². The average Bonchev–Trinajstić information content (AvgIpc) is 3.03. The van der Waals surface area contributed by atoms with Crippen molar-refractivity contribution in [3.63, 3.8) is 0 Å². The smallest absolute Gasteiger partial charge is 0.224 e. The molecule has 2 rings (SSSR count). The number of rotatable bonds is 8. The lowest BCUT2D eigenvalue weighted by Gasteiger charge is -2.19. The van der Waals surface area contributed by atoms with Gasteiger partial charge >= 0.3 is 0 Å². The van der Waals surface area contributed by atoms with Gasteiger partial charge in [0, 0.05) is 39.0 Å². The first-order valence-electron chi connectivity index (χ1n) is 9.22. The molecule has 0 fully saturated rings. The van der Waals surface area contributed by atoms with E-state index in [1.165, 1.54) is 5.56 Å². The third-order valence-electron chi connectivity index (χ3n) is 4.26. The van der Waals surface area contributed by atoms with E-state index < -0.39 is 0 Å². The van der Waals surface area contributed by atoms with Gasteiger partial charge in [0.05, 0.1) is 6.54 Å². The molecule has 1 amide bonds. The molecular weight excluding hydrogens is 316 g/mol. The van der Waals surface area contributed by atoms with Crippen LogP contribution in [0.2, 0.25) is 0 Å². The van der Waals surface area contributed by atoms with Gasteiger partial charge in [-0.3, -0.25) is 4.79 Å². The normalized spacial score (nSPS) is 16.1. The SMILES string of the molecule is CCNC(=NCC1Cc2ccccc2O1)NCCC(=O)N(CC)CC. The molecule has 1 aromatic rings. The summed E-state index contributed by atoms with van der Waals surface area (Å²) in [6.07, 6.45) is 1.43. The zero-order chi connectivity index (χ0) is 18.1. The van der Waals surface area contributed by atoms with Crippen LogP contribution in [0.5, 0.6) is 5.75 Å². The van der Waals surface area contributed by atoms with E-state index in [1.807, 2.05) is 43.9 Å². The Morgan fingerprint density at radius 3 is 2.68 bits per heavy atom. The number of fused-ring (bicyclic) bond motifs is 1. The molecule has 0 aliphatic carbocycles. The van der Waals surface area contributed by atoms with Gasteiger partial charge in [-0.1, -0.05) is 18.2 Å². The number of nitrogens with one attached hydrogen (secondary N) is 2. The highest BCUT2D eigenvalue weighted by atomic mass is 16.5. The largest absolute Gasteiger partial charge is 0.488 e. The van der Waals surface area contributed by atoms with Gasteiger partial charge < -0.3 is 20.3 Å². The van der Waals surface area contributed by atoms with Crippen molar-refractivity contribution in [3.05, 3.63) is 29.8 Å². The molecule has 0 radical (unpaired) electrons. The minimum atomic E-state index is 0.0742. The highest BCUT2D eigenvalue weighted by Gasteiger charge is 2.21. The van der Waals surface area contributed by atoms with Crippen LogP contribution in [0.25, 0.3) is 0 Å². The van der Waals surface area contributed by atoms with Crippen molar-refractivity contribution < 1.29 is 9.53 Å². The van der Waals surface area contributed by atoms with E-state index in [4.69, 9.17) is 4.74 Å². The second-order valence-corrected chi connectivity index (χ2v) is 6.01. The molecule has 0 bridgehead atoms. The van der Waals surface area contributed by atoms with Gasteiger partial charge in [-0.05, 0) is 32.4 Å². The van der Waals surface area contributed by atoms with Crippen LogP contribution >= 0.6 is 0 Å². The molecule has 138 valence electrons. The Morgan fingerprint density at radius 1 is 1.24 bits per heavy atom. The number of benzene rings is 1. The van der Waals surface area contributed by atoms with Gasteiger partial charge in [0.15, 0.2) is 5.96 Å². The number of ether oxygens (including phenoxy) is 1. The predicted octanol–water partition coefficient (Wildman–Crippen LogP) is 1.80. The number of nitrogens with zero attached hydrogens (tertiary/aromatic N) is 2. The standard InChI is InChI=1S/C19H30N4O2/c1-4-20-19(21-12-11-18(24)23(5-2)6-3)22-14-16-13-15-9-7-8-10-17(15)25-16/h7-10,16H,4-6,11-14H2,1-3H3,(H2,20,21,22). The number of hydrogen-bond donors (Lipinski definition) is 2. The highest BCUT2D eigenvalue weighted by molar-refractivity contribution is 5.81. The first kappa shape index (κ1) is 19.1. The maximum Gasteiger partial charge on any atom is 0.224 e. The topological polar surface area (TPSA) is 66.0 Å². The van der Waals surface area contributed by atoms with Crippen molar-refractivity contribution in [2.75, 3.05) is 32.7 Å². The van der Waals surface area contributed by atoms with Gasteiger partial charge in [0.25, 0.3) is 0 Å². The summed E-state index contributed by atoms with van der Waals surface area (Å²) >= 11 is 0. The van der Waals surface area contributed by atoms with Gasteiger partial charge in [-0.2, -0.15) is 0 Å². The second kappa shape index (κ2) is 9.91. The lowest BCUT2D eigenvalue weighted by atomic mass is 10.1. The van der Waals surface area contributed by atoms with E-state index in [-0.39, 0.29) is 12.0 Å². The molecule has 0 saturated heterocycles. The molecular formula is C19H30N4O2. The molecule has 0 spiro atoms. The van der Waals surface area contributed by atoms with Gasteiger partial charge in [-0.15, -0.1) is 0 Å². The summed E-state index contributed by atoms with van der Waals surface area (Å²) in [6.45, 7) is 9.48. The first-order chi connectivity index (χ1) is 12.2. The molecule has 0 saturated carbocycles. The Labute approximate surface area is 150 Å². The summed E-state index contributed by atoms with van der Waals surface area (Å²) in [4.78, 5) is 18.5. The maximum absolute atomic E-state index is 12.0. The zero-order valence-corrected chi connectivity index (χ0v) is 15.5. The molecule has 1 atom stereocenters. The first-order valence-corrected chi connectivity index (χ1v) is 9.22. The monoisotopic (exact) mass is 346 g/mol. The molecule has 6 heteroatoms. The van der Waals surface area contributed by atoms with Gasteiger partial charge in [0.2, 0.25) is 5.91 Å². The van der Waals surface area contributed by atoms with Crippen LogP contribution in [0.15, 0.2) is 29.3 Å². The number of carbonyl (C=O) groups is 1. The van der Waals surface area contributed by atoms with Crippen molar-refractivity contribution in [2.24, 2.45) is 4.99 Å². The number of carbonyl (C=O) groups excluding carboxylic acids is 1. The second-order valence-electron chi connectivity index (χ2n) is 6.01. The van der Waals surface area contributed by atoms with Crippen molar-refractivity contribution in [2.45, 2.75) is 39.7 Å². The molecule has 2 N–H and O–H groups in total. The predicted molar refractivity (Wildman–Crippen MR) is 101 cm³/mol. The van der Waals surface area contributed by atoms with Crippen LogP contribution in [0.1, 0.15) is 32.8 Å². The third kappa shape index (κ3) is 5.66. The Balaban J connectivity index is 1.80. The molecule has 1 aliphatic heterocycles. The fourth-order valence-electron chi connectivity index (χ4n) is 2.91. The van der Waals surface area contributed by atoms with Crippen molar-refractivity contribution in [3.8, 4) is 5.75 Å². The summed E-state index contributed by atoms with van der Waals surface area (Å²) in [5.41, 5.74) is 1.24. The van der Waals surface area contributed by atoms with Crippen LogP contribution in [0.3, 0.4) is 0 Å². The van der Waals surface area contributed by atoms with Crippen molar-refractivity contribution in [1.82, 2.24) is 15.5 Å². The van der Waals surface area contributed by atoms with Crippen LogP contribution in [0, 0.1) is 0 Å². The Morgan fingerprint density at radius 2 is 2.00 bits per heavy atom. The van der Waals surface area contributed by atoms with E-state index in [0.717, 1.165) is 37.8 Å². The molecule has 1 heterocycles. The molecule has 25 heavy (non-hydrogen) atoms. The maximum atomic E-state index is 12.0. The summed E-state index contributed by atoms with van der Waals surface area (Å²) < 4.78 is 5.92. The number of amides is 1. The lowest BCUT2D eigenvalue weighted by Crippen LogP contribution is -2.40. The molecule has 1 aromatic carbocycles. The number of para-hydroxylation sites is 1. The average molecular weight is 346 g/mol. The van der Waals surface area contributed by atoms with Crippen LogP contribution in [0.4, 0.5) is 0 Å². The fraction of sp³-hybridized carbons (Fsp3) is 0.579. The Bertz CT molecular complexity index is 560. The van der Waals surface area contributed by atoms with Crippen molar-refractivity contribution >= 4 is 11.9 Å². The zero-order valence-electron chi connectivity index (χ0n) is 15.5. The van der Waals surface area contributed by atoms with Crippen molar-refractivity contribution in [1.29, 1.82) is 0 Å². The Kier molecular flexibility index (Phi) is 7.57. The van der Waals surface area contributed by atoms with E-state index >= 15 is 0 Å². The third-order valence-corrected chi connectivity index (χ3v) is 4.26. The molecule has 0 aromatic heterocycles. The molecule has 1 aliphatic rings. The highest BCUT2D eigenvalue weighted by Crippen LogP contribution is 2.28. The number of guanidine groups is 1.